The summed E-state index contributed by atoms with van der Waals surface area (Å²) in [5.41, 5.74) is 0.948. The first-order valence-corrected chi connectivity index (χ1v) is 9.53. The van der Waals surface area contributed by atoms with Gasteiger partial charge in [0.15, 0.2) is 5.82 Å². The number of hydrogen-bond donors (Lipinski definition) is 0. The molecule has 156 valence electrons. The average Bonchev–Trinajstić information content (AvgIpc) is 2.78. The zero-order chi connectivity index (χ0) is 21.3. The van der Waals surface area contributed by atoms with Gasteiger partial charge in [0.25, 0.3) is 5.91 Å². The van der Waals surface area contributed by atoms with Crippen LogP contribution >= 0.6 is 0 Å². The van der Waals surface area contributed by atoms with E-state index in [1.165, 1.54) is 13.2 Å². The molecule has 0 spiro atoms. The second-order valence-corrected chi connectivity index (χ2v) is 6.94. The number of carbonyl (C=O) groups is 1. The molecule has 1 saturated heterocycles. The summed E-state index contributed by atoms with van der Waals surface area (Å²) in [5.74, 6) is -0.903. The van der Waals surface area contributed by atoms with Crippen molar-refractivity contribution < 1.29 is 23.0 Å². The zero-order valence-electron chi connectivity index (χ0n) is 16.7. The van der Waals surface area contributed by atoms with Crippen LogP contribution in [0.3, 0.4) is 0 Å². The van der Waals surface area contributed by atoms with Gasteiger partial charge in [-0.05, 0) is 18.2 Å². The van der Waals surface area contributed by atoms with Gasteiger partial charge in [-0.2, -0.15) is 0 Å². The van der Waals surface area contributed by atoms with Crippen molar-refractivity contribution in [1.29, 1.82) is 0 Å². The summed E-state index contributed by atoms with van der Waals surface area (Å²) in [7, 11) is 3.01. The average molecular weight is 413 g/mol. The third kappa shape index (κ3) is 3.60. The van der Waals surface area contributed by atoms with Crippen LogP contribution in [-0.2, 0) is 0 Å². The Morgan fingerprint density at radius 2 is 1.67 bits per heavy atom. The lowest BCUT2D eigenvalue weighted by Crippen LogP contribution is -2.49. The second kappa shape index (κ2) is 8.14. The normalized spacial score (nSPS) is 14.1. The Balaban J connectivity index is 1.56. The Labute approximate surface area is 172 Å². The molecule has 2 heterocycles. The maximum Gasteiger partial charge on any atom is 0.272 e. The molecule has 0 N–H and O–H groups in total. The Bertz CT molecular complexity index is 1100. The van der Waals surface area contributed by atoms with E-state index in [4.69, 9.17) is 9.47 Å². The van der Waals surface area contributed by atoms with Crippen LogP contribution in [0, 0.1) is 11.6 Å². The Kier molecular flexibility index (Phi) is 5.39. The topological polar surface area (TPSA) is 54.9 Å². The number of para-hydroxylation sites is 2. The number of rotatable bonds is 4. The third-order valence-electron chi connectivity index (χ3n) is 5.23. The Hall–Kier alpha value is -3.42. The number of fused-ring (bicyclic) bond motifs is 1. The number of amides is 1. The number of halogens is 2. The van der Waals surface area contributed by atoms with Crippen molar-refractivity contribution in [2.75, 3.05) is 45.3 Å². The lowest BCUT2D eigenvalue weighted by molar-refractivity contribution is 0.0741. The molecule has 0 aliphatic carbocycles. The molecule has 0 bridgehead atoms. The number of methoxy groups -OCH3 is 2. The van der Waals surface area contributed by atoms with Crippen molar-refractivity contribution in [3.63, 3.8) is 0 Å². The largest absolute Gasteiger partial charge is 0.496 e. The van der Waals surface area contributed by atoms with Gasteiger partial charge in [0.05, 0.1) is 19.9 Å². The molecule has 1 fully saturated rings. The monoisotopic (exact) mass is 413 g/mol. The second-order valence-electron chi connectivity index (χ2n) is 6.94. The minimum atomic E-state index is -0.834. The maximum atomic E-state index is 14.3. The van der Waals surface area contributed by atoms with Gasteiger partial charge in [-0.15, -0.1) is 0 Å². The number of carbonyl (C=O) groups excluding carboxylic acids is 1. The van der Waals surface area contributed by atoms with Crippen molar-refractivity contribution >= 4 is 22.5 Å². The number of ether oxygens (including phenoxy) is 2. The molecule has 0 unspecified atom stereocenters. The molecule has 1 aliphatic heterocycles. The molecule has 1 aliphatic rings. The predicted molar refractivity (Wildman–Crippen MR) is 109 cm³/mol. The van der Waals surface area contributed by atoms with Gasteiger partial charge < -0.3 is 19.3 Å². The van der Waals surface area contributed by atoms with E-state index >= 15 is 0 Å². The first-order valence-electron chi connectivity index (χ1n) is 9.53. The standard InChI is InChI=1S/C22H21F2N3O3/c1-29-19-6-4-3-5-18(19)26-7-9-27(10-8-26)22(28)17-13-20(30-2)15-11-14(23)12-16(24)21(15)25-17/h3-6,11-13H,7-10H2,1-2H3. The Morgan fingerprint density at radius 3 is 2.37 bits per heavy atom. The molecule has 30 heavy (non-hydrogen) atoms. The molecule has 8 heteroatoms. The van der Waals surface area contributed by atoms with E-state index in [2.05, 4.69) is 9.88 Å². The van der Waals surface area contributed by atoms with Crippen LogP contribution < -0.4 is 14.4 Å². The molecular formula is C22H21F2N3O3. The van der Waals surface area contributed by atoms with Crippen molar-refractivity contribution in [1.82, 2.24) is 9.88 Å². The summed E-state index contributed by atoms with van der Waals surface area (Å²) in [6.07, 6.45) is 0. The van der Waals surface area contributed by atoms with Crippen molar-refractivity contribution in [3.8, 4) is 11.5 Å². The molecule has 0 atom stereocenters. The van der Waals surface area contributed by atoms with E-state index in [0.717, 1.165) is 23.6 Å². The van der Waals surface area contributed by atoms with Gasteiger partial charge in [-0.25, -0.2) is 13.8 Å². The predicted octanol–water partition coefficient (Wildman–Crippen LogP) is 3.49. The summed E-state index contributed by atoms with van der Waals surface area (Å²) >= 11 is 0. The number of nitrogens with zero attached hydrogens (tertiary/aromatic N) is 3. The number of piperazine rings is 1. The van der Waals surface area contributed by atoms with Crippen molar-refractivity contribution in [2.24, 2.45) is 0 Å². The Morgan fingerprint density at radius 1 is 0.967 bits per heavy atom. The fraction of sp³-hybridized carbons (Fsp3) is 0.273. The minimum Gasteiger partial charge on any atom is -0.496 e. The van der Waals surface area contributed by atoms with E-state index < -0.39 is 11.6 Å². The molecular weight excluding hydrogens is 392 g/mol. The van der Waals surface area contributed by atoms with Crippen LogP contribution in [0.25, 0.3) is 10.9 Å². The molecule has 1 aromatic heterocycles. The molecule has 6 nitrogen and oxygen atoms in total. The van der Waals surface area contributed by atoms with Gasteiger partial charge in [0.2, 0.25) is 0 Å². The molecule has 4 rings (SSSR count). The van der Waals surface area contributed by atoms with Crippen molar-refractivity contribution in [3.05, 3.63) is 59.8 Å². The van der Waals surface area contributed by atoms with Crippen LogP contribution in [0.4, 0.5) is 14.5 Å². The lowest BCUT2D eigenvalue weighted by atomic mass is 10.1. The summed E-state index contributed by atoms with van der Waals surface area (Å²) < 4.78 is 38.5. The molecule has 3 aromatic rings. The quantitative estimate of drug-likeness (QED) is 0.656. The number of pyridine rings is 1. The van der Waals surface area contributed by atoms with Gasteiger partial charge in [-0.1, -0.05) is 12.1 Å². The van der Waals surface area contributed by atoms with E-state index in [1.807, 2.05) is 24.3 Å². The highest BCUT2D eigenvalue weighted by molar-refractivity contribution is 5.97. The summed E-state index contributed by atoms with van der Waals surface area (Å²) in [6.45, 7) is 2.20. The smallest absolute Gasteiger partial charge is 0.272 e. The van der Waals surface area contributed by atoms with Gasteiger partial charge >= 0.3 is 0 Å². The van der Waals surface area contributed by atoms with Crippen LogP contribution in [0.2, 0.25) is 0 Å². The van der Waals surface area contributed by atoms with Crippen LogP contribution in [-0.4, -0.2) is 56.2 Å². The highest BCUT2D eigenvalue weighted by Crippen LogP contribution is 2.30. The highest BCUT2D eigenvalue weighted by Gasteiger charge is 2.26. The maximum absolute atomic E-state index is 14.3. The number of benzene rings is 2. The van der Waals surface area contributed by atoms with Gasteiger partial charge in [0.1, 0.15) is 28.5 Å². The molecule has 1 amide bonds. The highest BCUT2D eigenvalue weighted by atomic mass is 19.1. The van der Waals surface area contributed by atoms with E-state index in [1.54, 1.807) is 12.0 Å². The number of aromatic nitrogens is 1. The number of anilines is 1. The van der Waals surface area contributed by atoms with Crippen molar-refractivity contribution in [2.45, 2.75) is 0 Å². The zero-order valence-corrected chi connectivity index (χ0v) is 16.7. The first kappa shape index (κ1) is 19.9. The van der Waals surface area contributed by atoms with E-state index in [-0.39, 0.29) is 28.3 Å². The summed E-state index contributed by atoms with van der Waals surface area (Å²) in [5, 5.41) is 0.188. The van der Waals surface area contributed by atoms with E-state index in [0.29, 0.717) is 26.2 Å². The van der Waals surface area contributed by atoms with Crippen LogP contribution in [0.5, 0.6) is 11.5 Å². The summed E-state index contributed by atoms with van der Waals surface area (Å²) in [4.78, 5) is 21.0. The fourth-order valence-corrected chi connectivity index (χ4v) is 3.70. The fourth-order valence-electron chi connectivity index (χ4n) is 3.70. The van der Waals surface area contributed by atoms with Gasteiger partial charge in [0, 0.05) is 43.7 Å². The lowest BCUT2D eigenvalue weighted by Gasteiger charge is -2.36. The van der Waals surface area contributed by atoms with Crippen LogP contribution in [0.1, 0.15) is 10.5 Å². The molecule has 2 aromatic carbocycles. The SMILES string of the molecule is COc1ccccc1N1CCN(C(=O)c2cc(OC)c3cc(F)cc(F)c3n2)CC1. The molecule has 0 saturated carbocycles. The third-order valence-corrected chi connectivity index (χ3v) is 5.23. The van der Waals surface area contributed by atoms with Gasteiger partial charge in [-0.3, -0.25) is 4.79 Å². The summed E-state index contributed by atoms with van der Waals surface area (Å²) in [6, 6.07) is 11.0. The van der Waals surface area contributed by atoms with E-state index in [9.17, 15) is 13.6 Å². The first-order chi connectivity index (χ1) is 14.5. The number of hydrogen-bond acceptors (Lipinski definition) is 5. The molecule has 0 radical (unpaired) electrons. The minimum absolute atomic E-state index is 0.0654. The van der Waals surface area contributed by atoms with Crippen LogP contribution in [0.15, 0.2) is 42.5 Å².